The Morgan fingerprint density at radius 3 is 2.85 bits per heavy atom. The Morgan fingerprint density at radius 1 is 1.40 bits per heavy atom. The summed E-state index contributed by atoms with van der Waals surface area (Å²) in [4.78, 5) is 12.1. The first-order valence-electron chi connectivity index (χ1n) is 5.89. The molecule has 0 fully saturated rings. The molecule has 20 heavy (non-hydrogen) atoms. The Morgan fingerprint density at radius 2 is 2.20 bits per heavy atom. The Labute approximate surface area is 117 Å². The molecule has 0 aliphatic carbocycles. The summed E-state index contributed by atoms with van der Waals surface area (Å²) in [6, 6.07) is 5.42. The first kappa shape index (κ1) is 14.6. The second-order valence-electron chi connectivity index (χ2n) is 4.17. The van der Waals surface area contributed by atoms with Crippen molar-refractivity contribution in [2.45, 2.75) is 25.6 Å². The third-order valence-corrected chi connectivity index (χ3v) is 3.49. The van der Waals surface area contributed by atoms with Crippen LogP contribution in [0.5, 0.6) is 0 Å². The fourth-order valence-electron chi connectivity index (χ4n) is 1.57. The monoisotopic (exact) mass is 303 g/mol. The van der Waals surface area contributed by atoms with Gasteiger partial charge in [0.05, 0.1) is 19.2 Å². The molecule has 7 heteroatoms. The lowest BCUT2D eigenvalue weighted by Gasteiger charge is -2.06. The van der Waals surface area contributed by atoms with Gasteiger partial charge in [0.2, 0.25) is 5.91 Å². The minimum Gasteiger partial charge on any atom is -0.464 e. The molecule has 0 atom stereocenters. The quantitative estimate of drug-likeness (QED) is 0.908. The predicted octanol–water partition coefficient (Wildman–Crippen LogP) is 3.97. The third kappa shape index (κ3) is 4.41. The molecule has 0 aliphatic heterocycles. The number of alkyl halides is 3. The molecule has 1 amide bonds. The molecule has 0 saturated heterocycles. The second-order valence-corrected chi connectivity index (χ2v) is 5.17. The second kappa shape index (κ2) is 6.13. The van der Waals surface area contributed by atoms with Crippen LogP contribution in [0.15, 0.2) is 34.3 Å². The number of furan rings is 1. The van der Waals surface area contributed by atoms with Crippen LogP contribution in [0, 0.1) is 0 Å². The maximum atomic E-state index is 12.0. The molecule has 2 aromatic heterocycles. The SMILES string of the molecule is O=C(CCC(F)(F)F)NCc1cc(-c2ccco2)cs1. The smallest absolute Gasteiger partial charge is 0.389 e. The van der Waals surface area contributed by atoms with Crippen molar-refractivity contribution in [3.8, 4) is 11.3 Å². The van der Waals surface area contributed by atoms with E-state index in [0.29, 0.717) is 0 Å². The Hall–Kier alpha value is -1.76. The lowest BCUT2D eigenvalue weighted by Crippen LogP contribution is -2.24. The Balaban J connectivity index is 1.81. The highest BCUT2D eigenvalue weighted by Crippen LogP contribution is 2.26. The number of hydrogen-bond acceptors (Lipinski definition) is 3. The molecule has 0 bridgehead atoms. The largest absolute Gasteiger partial charge is 0.464 e. The summed E-state index contributed by atoms with van der Waals surface area (Å²) in [5.74, 6) is 0.117. The summed E-state index contributed by atoms with van der Waals surface area (Å²) in [5.41, 5.74) is 0.888. The van der Waals surface area contributed by atoms with Gasteiger partial charge in [0.15, 0.2) is 0 Å². The van der Waals surface area contributed by atoms with Crippen LogP contribution in [-0.2, 0) is 11.3 Å². The van der Waals surface area contributed by atoms with Crippen molar-refractivity contribution in [3.05, 3.63) is 34.7 Å². The number of hydrogen-bond donors (Lipinski definition) is 1. The number of rotatable bonds is 5. The van der Waals surface area contributed by atoms with E-state index in [1.165, 1.54) is 11.3 Å². The van der Waals surface area contributed by atoms with Crippen molar-refractivity contribution >= 4 is 17.2 Å². The number of amides is 1. The van der Waals surface area contributed by atoms with Gasteiger partial charge in [-0.15, -0.1) is 11.3 Å². The van der Waals surface area contributed by atoms with Crippen molar-refractivity contribution in [2.75, 3.05) is 0 Å². The highest BCUT2D eigenvalue weighted by atomic mass is 32.1. The molecule has 1 N–H and O–H groups in total. The standard InChI is InChI=1S/C13H12F3NO2S/c14-13(15,16)4-3-12(18)17-7-10-6-9(8-20-10)11-2-1-5-19-11/h1-2,5-6,8H,3-4,7H2,(H,17,18). The van der Waals surface area contributed by atoms with Crippen molar-refractivity contribution < 1.29 is 22.4 Å². The average molecular weight is 303 g/mol. The lowest BCUT2D eigenvalue weighted by atomic mass is 10.2. The van der Waals surface area contributed by atoms with E-state index < -0.39 is 24.9 Å². The molecule has 108 valence electrons. The normalized spacial score (nSPS) is 11.6. The van der Waals surface area contributed by atoms with Crippen molar-refractivity contribution in [1.82, 2.24) is 5.32 Å². The fraction of sp³-hybridized carbons (Fsp3) is 0.308. The Kier molecular flexibility index (Phi) is 4.49. The summed E-state index contributed by atoms with van der Waals surface area (Å²) < 4.78 is 41.1. The summed E-state index contributed by atoms with van der Waals surface area (Å²) in [7, 11) is 0. The van der Waals surface area contributed by atoms with E-state index in [0.717, 1.165) is 16.2 Å². The van der Waals surface area contributed by atoms with Gasteiger partial charge in [-0.05, 0) is 18.2 Å². The van der Waals surface area contributed by atoms with Crippen LogP contribution in [0.3, 0.4) is 0 Å². The summed E-state index contributed by atoms with van der Waals surface area (Å²) in [6.07, 6.45) is -4.38. The predicted molar refractivity (Wildman–Crippen MR) is 69.2 cm³/mol. The van der Waals surface area contributed by atoms with Crippen LogP contribution in [0.1, 0.15) is 17.7 Å². The van der Waals surface area contributed by atoms with E-state index in [9.17, 15) is 18.0 Å². The first-order valence-corrected chi connectivity index (χ1v) is 6.77. The molecule has 0 saturated carbocycles. The molecule has 0 radical (unpaired) electrons. The fourth-order valence-corrected chi connectivity index (χ4v) is 2.39. The molecule has 2 rings (SSSR count). The molecule has 0 aromatic carbocycles. The van der Waals surface area contributed by atoms with E-state index in [-0.39, 0.29) is 6.54 Å². The van der Waals surface area contributed by atoms with Gasteiger partial charge in [0.1, 0.15) is 5.76 Å². The van der Waals surface area contributed by atoms with Crippen LogP contribution >= 0.6 is 11.3 Å². The minimum absolute atomic E-state index is 0.224. The van der Waals surface area contributed by atoms with Gasteiger partial charge in [-0.25, -0.2) is 0 Å². The molecular weight excluding hydrogens is 291 g/mol. The maximum Gasteiger partial charge on any atom is 0.389 e. The van der Waals surface area contributed by atoms with Gasteiger partial charge in [-0.3, -0.25) is 4.79 Å². The first-order chi connectivity index (χ1) is 9.44. The molecule has 0 unspecified atom stereocenters. The van der Waals surface area contributed by atoms with Crippen LogP contribution in [-0.4, -0.2) is 12.1 Å². The highest BCUT2D eigenvalue weighted by molar-refractivity contribution is 7.10. The number of nitrogens with one attached hydrogen (secondary N) is 1. The summed E-state index contributed by atoms with van der Waals surface area (Å²) in [6.45, 7) is 0.224. The van der Waals surface area contributed by atoms with Crippen LogP contribution in [0.4, 0.5) is 13.2 Å². The zero-order valence-corrected chi connectivity index (χ0v) is 11.2. The van der Waals surface area contributed by atoms with E-state index in [1.54, 1.807) is 12.3 Å². The topological polar surface area (TPSA) is 42.2 Å². The number of thiophene rings is 1. The molecule has 2 heterocycles. The molecule has 0 spiro atoms. The maximum absolute atomic E-state index is 12.0. The molecule has 3 nitrogen and oxygen atoms in total. The van der Waals surface area contributed by atoms with Gasteiger partial charge in [0.25, 0.3) is 0 Å². The van der Waals surface area contributed by atoms with E-state index in [1.807, 2.05) is 17.5 Å². The van der Waals surface area contributed by atoms with E-state index >= 15 is 0 Å². The highest BCUT2D eigenvalue weighted by Gasteiger charge is 2.27. The Bertz CT molecular complexity index is 560. The average Bonchev–Trinajstić information content (AvgIpc) is 3.03. The third-order valence-electron chi connectivity index (χ3n) is 2.55. The van der Waals surface area contributed by atoms with Crippen molar-refractivity contribution in [2.24, 2.45) is 0 Å². The van der Waals surface area contributed by atoms with Gasteiger partial charge >= 0.3 is 6.18 Å². The molecule has 0 aliphatic rings. The molecular formula is C13H12F3NO2S. The lowest BCUT2D eigenvalue weighted by molar-refractivity contribution is -0.144. The summed E-state index contributed by atoms with van der Waals surface area (Å²) >= 11 is 1.42. The number of carbonyl (C=O) groups excluding carboxylic acids is 1. The van der Waals surface area contributed by atoms with E-state index in [4.69, 9.17) is 4.42 Å². The zero-order valence-electron chi connectivity index (χ0n) is 10.4. The van der Waals surface area contributed by atoms with Gasteiger partial charge in [-0.2, -0.15) is 13.2 Å². The van der Waals surface area contributed by atoms with E-state index in [2.05, 4.69) is 5.32 Å². The minimum atomic E-state index is -4.30. The van der Waals surface area contributed by atoms with Crippen molar-refractivity contribution in [3.63, 3.8) is 0 Å². The van der Waals surface area contributed by atoms with Crippen LogP contribution in [0.2, 0.25) is 0 Å². The van der Waals surface area contributed by atoms with Crippen LogP contribution in [0.25, 0.3) is 11.3 Å². The molecule has 2 aromatic rings. The van der Waals surface area contributed by atoms with Gasteiger partial charge < -0.3 is 9.73 Å². The van der Waals surface area contributed by atoms with Crippen molar-refractivity contribution in [1.29, 1.82) is 0 Å². The number of carbonyl (C=O) groups is 1. The van der Waals surface area contributed by atoms with Gasteiger partial charge in [-0.1, -0.05) is 0 Å². The van der Waals surface area contributed by atoms with Crippen LogP contribution < -0.4 is 5.32 Å². The zero-order chi connectivity index (χ0) is 14.6. The van der Waals surface area contributed by atoms with Gasteiger partial charge in [0, 0.05) is 22.2 Å². The number of halogens is 3. The summed E-state index contributed by atoms with van der Waals surface area (Å²) in [5, 5.41) is 4.34.